The van der Waals surface area contributed by atoms with E-state index in [1.165, 1.54) is 18.4 Å². The monoisotopic (exact) mass is 304 g/mol. The van der Waals surface area contributed by atoms with Gasteiger partial charge in [0.15, 0.2) is 0 Å². The molecule has 1 aliphatic rings. The zero-order valence-electron chi connectivity index (χ0n) is 12.6. The van der Waals surface area contributed by atoms with Gasteiger partial charge in [-0.05, 0) is 37.3 Å². The molecule has 1 fully saturated rings. The fourth-order valence-electron chi connectivity index (χ4n) is 2.51. The number of benzene rings is 1. The molecule has 21 heavy (non-hydrogen) atoms. The van der Waals surface area contributed by atoms with Crippen LogP contribution in [0, 0.1) is 12.8 Å². The Kier molecular flexibility index (Phi) is 4.27. The van der Waals surface area contributed by atoms with Gasteiger partial charge in [-0.3, -0.25) is 4.90 Å². The van der Waals surface area contributed by atoms with Crippen molar-refractivity contribution >= 4 is 11.6 Å². The molecule has 112 valence electrons. The maximum absolute atomic E-state index is 6.30. The molecule has 0 unspecified atom stereocenters. The van der Waals surface area contributed by atoms with Gasteiger partial charge in [0, 0.05) is 25.2 Å². The minimum Gasteiger partial charge on any atom is -0.317 e. The molecule has 1 aromatic heterocycles. The van der Waals surface area contributed by atoms with E-state index < -0.39 is 0 Å². The number of halogens is 1. The first-order valence-electron chi connectivity index (χ1n) is 7.44. The average molecular weight is 305 g/mol. The number of rotatable bonds is 6. The highest BCUT2D eigenvalue weighted by molar-refractivity contribution is 6.31. The van der Waals surface area contributed by atoms with E-state index in [0.29, 0.717) is 0 Å². The van der Waals surface area contributed by atoms with Gasteiger partial charge in [-0.1, -0.05) is 29.8 Å². The highest BCUT2D eigenvalue weighted by Crippen LogP contribution is 2.31. The van der Waals surface area contributed by atoms with Gasteiger partial charge in [-0.2, -0.15) is 0 Å². The summed E-state index contributed by atoms with van der Waals surface area (Å²) in [5.41, 5.74) is 1.18. The molecule has 0 atom stereocenters. The second-order valence-corrected chi connectivity index (χ2v) is 6.33. The predicted octanol–water partition coefficient (Wildman–Crippen LogP) is 3.19. The van der Waals surface area contributed by atoms with E-state index in [9.17, 15) is 0 Å². The molecule has 1 saturated carbocycles. The van der Waals surface area contributed by atoms with Gasteiger partial charge in [0.1, 0.15) is 11.6 Å². The maximum atomic E-state index is 6.30. The van der Waals surface area contributed by atoms with Crippen molar-refractivity contribution in [2.45, 2.75) is 32.9 Å². The van der Waals surface area contributed by atoms with Crippen molar-refractivity contribution in [3.05, 3.63) is 46.5 Å². The van der Waals surface area contributed by atoms with Gasteiger partial charge >= 0.3 is 0 Å². The molecule has 1 aliphatic carbocycles. The summed E-state index contributed by atoms with van der Waals surface area (Å²) in [5, 5.41) is 9.27. The van der Waals surface area contributed by atoms with Crippen molar-refractivity contribution in [1.29, 1.82) is 0 Å². The Hall–Kier alpha value is -1.39. The SMILES string of the molecule is Cc1nnc(CN(Cc2ccccc2Cl)CC2CC2)n1C. The lowest BCUT2D eigenvalue weighted by Crippen LogP contribution is -2.27. The molecule has 0 aliphatic heterocycles. The van der Waals surface area contributed by atoms with Crippen molar-refractivity contribution in [1.82, 2.24) is 19.7 Å². The molecule has 5 heteroatoms. The van der Waals surface area contributed by atoms with Crippen LogP contribution in [0.1, 0.15) is 30.1 Å². The first-order valence-corrected chi connectivity index (χ1v) is 7.82. The van der Waals surface area contributed by atoms with Crippen molar-refractivity contribution in [2.24, 2.45) is 13.0 Å². The van der Waals surface area contributed by atoms with Gasteiger partial charge in [0.25, 0.3) is 0 Å². The Bertz CT molecular complexity index is 618. The molecular formula is C16H21ClN4. The molecule has 1 aromatic carbocycles. The van der Waals surface area contributed by atoms with Crippen LogP contribution in [0.15, 0.2) is 24.3 Å². The summed E-state index contributed by atoms with van der Waals surface area (Å²) in [5.74, 6) is 2.80. The summed E-state index contributed by atoms with van der Waals surface area (Å²) in [4.78, 5) is 2.43. The van der Waals surface area contributed by atoms with E-state index in [1.54, 1.807) is 0 Å². The number of hydrogen-bond acceptors (Lipinski definition) is 3. The Morgan fingerprint density at radius 1 is 1.24 bits per heavy atom. The van der Waals surface area contributed by atoms with Gasteiger partial charge in [0.2, 0.25) is 0 Å². The zero-order valence-corrected chi connectivity index (χ0v) is 13.3. The number of aromatic nitrogens is 3. The van der Waals surface area contributed by atoms with Gasteiger partial charge in [0.05, 0.1) is 6.54 Å². The molecule has 0 radical (unpaired) electrons. The third-order valence-corrected chi connectivity index (χ3v) is 4.48. The molecule has 2 aromatic rings. The third-order valence-electron chi connectivity index (χ3n) is 4.11. The van der Waals surface area contributed by atoms with E-state index in [0.717, 1.165) is 42.2 Å². The smallest absolute Gasteiger partial charge is 0.146 e. The molecule has 0 saturated heterocycles. The molecule has 0 bridgehead atoms. The Morgan fingerprint density at radius 2 is 2.00 bits per heavy atom. The van der Waals surface area contributed by atoms with Crippen LogP contribution in [-0.4, -0.2) is 26.2 Å². The van der Waals surface area contributed by atoms with Gasteiger partial charge in [-0.15, -0.1) is 10.2 Å². The summed E-state index contributed by atoms with van der Waals surface area (Å²) < 4.78 is 2.06. The average Bonchev–Trinajstić information content (AvgIpc) is 3.23. The summed E-state index contributed by atoms with van der Waals surface area (Å²) in [6.07, 6.45) is 2.69. The van der Waals surface area contributed by atoms with Crippen LogP contribution in [0.25, 0.3) is 0 Å². The Balaban J connectivity index is 1.74. The molecular weight excluding hydrogens is 284 g/mol. The van der Waals surface area contributed by atoms with Crippen molar-refractivity contribution in [3.8, 4) is 0 Å². The molecule has 0 amide bonds. The summed E-state index contributed by atoms with van der Waals surface area (Å²) >= 11 is 6.30. The first-order chi connectivity index (χ1) is 10.1. The van der Waals surface area contributed by atoms with Crippen molar-refractivity contribution in [2.75, 3.05) is 6.54 Å². The van der Waals surface area contributed by atoms with Crippen LogP contribution >= 0.6 is 11.6 Å². The lowest BCUT2D eigenvalue weighted by Gasteiger charge is -2.22. The quantitative estimate of drug-likeness (QED) is 0.822. The Labute approximate surface area is 130 Å². The van der Waals surface area contributed by atoms with Crippen LogP contribution < -0.4 is 0 Å². The van der Waals surface area contributed by atoms with Crippen LogP contribution in [0.2, 0.25) is 5.02 Å². The van der Waals surface area contributed by atoms with E-state index in [-0.39, 0.29) is 0 Å². The fourth-order valence-corrected chi connectivity index (χ4v) is 2.70. The van der Waals surface area contributed by atoms with E-state index in [4.69, 9.17) is 11.6 Å². The van der Waals surface area contributed by atoms with Crippen LogP contribution in [0.5, 0.6) is 0 Å². The lowest BCUT2D eigenvalue weighted by molar-refractivity contribution is 0.237. The molecule has 0 N–H and O–H groups in total. The number of aryl methyl sites for hydroxylation is 1. The highest BCUT2D eigenvalue weighted by atomic mass is 35.5. The predicted molar refractivity (Wildman–Crippen MR) is 84.0 cm³/mol. The third kappa shape index (κ3) is 3.63. The molecule has 0 spiro atoms. The van der Waals surface area contributed by atoms with Crippen LogP contribution in [-0.2, 0) is 20.1 Å². The minimum atomic E-state index is 0.819. The number of nitrogens with zero attached hydrogens (tertiary/aromatic N) is 4. The second kappa shape index (κ2) is 6.16. The van der Waals surface area contributed by atoms with E-state index in [1.807, 2.05) is 32.2 Å². The fraction of sp³-hybridized carbons (Fsp3) is 0.500. The van der Waals surface area contributed by atoms with E-state index >= 15 is 0 Å². The minimum absolute atomic E-state index is 0.819. The topological polar surface area (TPSA) is 34.0 Å². The maximum Gasteiger partial charge on any atom is 0.146 e. The normalized spacial score (nSPS) is 14.9. The standard InChI is InChI=1S/C16H21ClN4/c1-12-18-19-16(20(12)2)11-21(9-13-7-8-13)10-14-5-3-4-6-15(14)17/h3-6,13H,7-11H2,1-2H3. The first kappa shape index (κ1) is 14.5. The van der Waals surface area contributed by atoms with Gasteiger partial charge < -0.3 is 4.57 Å². The molecule has 4 nitrogen and oxygen atoms in total. The van der Waals surface area contributed by atoms with E-state index in [2.05, 4.69) is 25.7 Å². The molecule has 3 rings (SSSR count). The van der Waals surface area contributed by atoms with Crippen molar-refractivity contribution in [3.63, 3.8) is 0 Å². The van der Waals surface area contributed by atoms with Crippen LogP contribution in [0.3, 0.4) is 0 Å². The van der Waals surface area contributed by atoms with Crippen LogP contribution in [0.4, 0.5) is 0 Å². The Morgan fingerprint density at radius 3 is 2.62 bits per heavy atom. The summed E-state index contributed by atoms with van der Waals surface area (Å²) in [6.45, 7) is 4.77. The van der Waals surface area contributed by atoms with Gasteiger partial charge in [-0.25, -0.2) is 0 Å². The summed E-state index contributed by atoms with van der Waals surface area (Å²) in [6, 6.07) is 8.08. The molecule has 1 heterocycles. The summed E-state index contributed by atoms with van der Waals surface area (Å²) in [7, 11) is 2.02. The lowest BCUT2D eigenvalue weighted by atomic mass is 10.2. The highest BCUT2D eigenvalue weighted by Gasteiger charge is 2.25. The zero-order chi connectivity index (χ0) is 14.8. The van der Waals surface area contributed by atoms with Crippen molar-refractivity contribution < 1.29 is 0 Å². The second-order valence-electron chi connectivity index (χ2n) is 5.93. The number of hydrogen-bond donors (Lipinski definition) is 0. The largest absolute Gasteiger partial charge is 0.317 e.